The Balaban J connectivity index is 2.72. The third-order valence-corrected chi connectivity index (χ3v) is 4.75. The molecule has 0 atom stereocenters. The van der Waals surface area contributed by atoms with Crippen molar-refractivity contribution >= 4 is 21.9 Å². The van der Waals surface area contributed by atoms with Crippen molar-refractivity contribution in [1.82, 2.24) is 0 Å². The summed E-state index contributed by atoms with van der Waals surface area (Å²) in [6.07, 6.45) is 2.87. The van der Waals surface area contributed by atoms with E-state index < -0.39 is 11.2 Å². The van der Waals surface area contributed by atoms with E-state index in [1.54, 1.807) is 14.2 Å². The van der Waals surface area contributed by atoms with E-state index in [2.05, 4.69) is 15.9 Å². The van der Waals surface area contributed by atoms with Crippen LogP contribution >= 0.6 is 15.9 Å². The van der Waals surface area contributed by atoms with E-state index in [-0.39, 0.29) is 5.97 Å². The van der Waals surface area contributed by atoms with Crippen LogP contribution in [0.4, 0.5) is 0 Å². The first-order chi connectivity index (χ1) is 8.08. The molecular formula is C12H21BrO4. The van der Waals surface area contributed by atoms with Crippen molar-refractivity contribution in [2.24, 2.45) is 5.41 Å². The number of rotatable bonds is 5. The fourth-order valence-corrected chi connectivity index (χ4v) is 3.07. The minimum Gasteiger partial charge on any atom is -0.466 e. The Kier molecular flexibility index (Phi) is 5.41. The van der Waals surface area contributed by atoms with Crippen LogP contribution in [0.5, 0.6) is 0 Å². The number of hydrogen-bond donors (Lipinski definition) is 0. The normalized spacial score (nSPS) is 22.1. The molecule has 17 heavy (non-hydrogen) atoms. The first-order valence-electron chi connectivity index (χ1n) is 5.91. The maximum Gasteiger partial charge on any atom is 0.312 e. The van der Waals surface area contributed by atoms with Crippen LogP contribution in [-0.4, -0.2) is 37.9 Å². The molecule has 1 aliphatic rings. The average molecular weight is 309 g/mol. The zero-order valence-corrected chi connectivity index (χ0v) is 12.3. The molecule has 0 spiro atoms. The van der Waals surface area contributed by atoms with Gasteiger partial charge in [-0.1, -0.05) is 15.9 Å². The molecule has 5 heteroatoms. The van der Waals surface area contributed by atoms with Gasteiger partial charge in [0, 0.05) is 32.4 Å². The van der Waals surface area contributed by atoms with Crippen molar-refractivity contribution < 1.29 is 19.0 Å². The van der Waals surface area contributed by atoms with Gasteiger partial charge in [0.05, 0.1) is 12.0 Å². The molecular weight excluding hydrogens is 288 g/mol. The summed E-state index contributed by atoms with van der Waals surface area (Å²) in [5, 5.41) is 0.627. The lowest BCUT2D eigenvalue weighted by Gasteiger charge is -2.42. The van der Waals surface area contributed by atoms with E-state index in [1.165, 1.54) is 0 Å². The maximum atomic E-state index is 12.0. The van der Waals surface area contributed by atoms with Crippen LogP contribution in [0.15, 0.2) is 0 Å². The van der Waals surface area contributed by atoms with Crippen molar-refractivity contribution in [3.05, 3.63) is 0 Å². The molecule has 0 N–H and O–H groups in total. The highest BCUT2D eigenvalue weighted by Gasteiger charge is 2.47. The quantitative estimate of drug-likeness (QED) is 0.445. The first-order valence-corrected chi connectivity index (χ1v) is 7.04. The fourth-order valence-electron chi connectivity index (χ4n) is 2.28. The number of hydrogen-bond acceptors (Lipinski definition) is 4. The van der Waals surface area contributed by atoms with Gasteiger partial charge in [-0.3, -0.25) is 4.79 Å². The molecule has 0 aromatic heterocycles. The van der Waals surface area contributed by atoms with Crippen LogP contribution in [0.1, 0.15) is 32.6 Å². The summed E-state index contributed by atoms with van der Waals surface area (Å²) in [7, 11) is 3.30. The Hall–Kier alpha value is -0.130. The number of methoxy groups -OCH3 is 2. The molecule has 0 unspecified atom stereocenters. The summed E-state index contributed by atoms with van der Waals surface area (Å²) < 4.78 is 16.0. The predicted octanol–water partition coefficient (Wildman–Crippen LogP) is 2.49. The second-order valence-electron chi connectivity index (χ2n) is 4.45. The number of alkyl halides is 1. The van der Waals surface area contributed by atoms with Crippen LogP contribution < -0.4 is 0 Å². The van der Waals surface area contributed by atoms with Gasteiger partial charge >= 0.3 is 5.97 Å². The molecule has 0 saturated heterocycles. The number of ether oxygens (including phenoxy) is 3. The minimum atomic E-state index is -0.530. The lowest BCUT2D eigenvalue weighted by Crippen LogP contribution is -2.46. The van der Waals surface area contributed by atoms with Crippen molar-refractivity contribution in [2.75, 3.05) is 26.2 Å². The van der Waals surface area contributed by atoms with E-state index in [0.29, 0.717) is 24.8 Å². The van der Waals surface area contributed by atoms with Crippen molar-refractivity contribution in [1.29, 1.82) is 0 Å². The van der Waals surface area contributed by atoms with Gasteiger partial charge in [0.2, 0.25) is 0 Å². The standard InChI is InChI=1S/C12H21BrO4/c1-4-17-10(14)11(9-13)5-7-12(15-2,16-3)8-6-11/h4-9H2,1-3H3. The fraction of sp³-hybridized carbons (Fsp3) is 0.917. The van der Waals surface area contributed by atoms with Crippen molar-refractivity contribution in [2.45, 2.75) is 38.4 Å². The van der Waals surface area contributed by atoms with Gasteiger partial charge in [0.25, 0.3) is 0 Å². The molecule has 0 aromatic carbocycles. The second kappa shape index (κ2) is 6.16. The number of esters is 1. The number of carbonyl (C=O) groups excluding carboxylic acids is 1. The van der Waals surface area contributed by atoms with E-state index in [1.807, 2.05) is 6.92 Å². The van der Waals surface area contributed by atoms with E-state index in [0.717, 1.165) is 12.8 Å². The monoisotopic (exact) mass is 308 g/mol. The van der Waals surface area contributed by atoms with Crippen molar-refractivity contribution in [3.63, 3.8) is 0 Å². The molecule has 1 rings (SSSR count). The molecule has 0 radical (unpaired) electrons. The molecule has 4 nitrogen and oxygen atoms in total. The summed E-state index contributed by atoms with van der Waals surface area (Å²) in [6, 6.07) is 0. The van der Waals surface area contributed by atoms with Gasteiger partial charge in [-0.05, 0) is 19.8 Å². The van der Waals surface area contributed by atoms with E-state index >= 15 is 0 Å². The Labute approximate surface area is 111 Å². The zero-order chi connectivity index (χ0) is 12.9. The van der Waals surface area contributed by atoms with Crippen LogP contribution in [0.25, 0.3) is 0 Å². The summed E-state index contributed by atoms with van der Waals surface area (Å²) in [4.78, 5) is 12.0. The van der Waals surface area contributed by atoms with Gasteiger partial charge in [-0.15, -0.1) is 0 Å². The second-order valence-corrected chi connectivity index (χ2v) is 5.01. The molecule has 1 saturated carbocycles. The highest BCUT2D eigenvalue weighted by atomic mass is 79.9. The van der Waals surface area contributed by atoms with Gasteiger partial charge in [-0.25, -0.2) is 0 Å². The number of halogens is 1. The lowest BCUT2D eigenvalue weighted by atomic mass is 9.73. The molecule has 1 aliphatic carbocycles. The zero-order valence-electron chi connectivity index (χ0n) is 10.8. The molecule has 0 aromatic rings. The molecule has 0 aliphatic heterocycles. The summed E-state index contributed by atoms with van der Waals surface area (Å²) in [5.74, 6) is -0.643. The Morgan fingerprint density at radius 1 is 1.18 bits per heavy atom. The first kappa shape index (κ1) is 14.9. The molecule has 100 valence electrons. The third kappa shape index (κ3) is 3.01. The minimum absolute atomic E-state index is 0.113. The topological polar surface area (TPSA) is 44.8 Å². The van der Waals surface area contributed by atoms with Crippen LogP contribution in [0.2, 0.25) is 0 Å². The van der Waals surface area contributed by atoms with E-state index in [4.69, 9.17) is 14.2 Å². The largest absolute Gasteiger partial charge is 0.466 e. The van der Waals surface area contributed by atoms with Crippen LogP contribution in [0, 0.1) is 5.41 Å². The van der Waals surface area contributed by atoms with E-state index in [9.17, 15) is 4.79 Å². The predicted molar refractivity (Wildman–Crippen MR) is 68.1 cm³/mol. The molecule has 0 heterocycles. The Morgan fingerprint density at radius 3 is 2.06 bits per heavy atom. The van der Waals surface area contributed by atoms with Crippen LogP contribution in [0.3, 0.4) is 0 Å². The summed E-state index contributed by atoms with van der Waals surface area (Å²) in [6.45, 7) is 2.25. The lowest BCUT2D eigenvalue weighted by molar-refractivity contribution is -0.234. The van der Waals surface area contributed by atoms with Gasteiger partial charge in [0.1, 0.15) is 0 Å². The molecule has 0 amide bonds. The van der Waals surface area contributed by atoms with Gasteiger partial charge in [0.15, 0.2) is 5.79 Å². The SMILES string of the molecule is CCOC(=O)C1(CBr)CCC(OC)(OC)CC1. The van der Waals surface area contributed by atoms with Gasteiger partial charge < -0.3 is 14.2 Å². The smallest absolute Gasteiger partial charge is 0.312 e. The highest BCUT2D eigenvalue weighted by Crippen LogP contribution is 2.44. The maximum absolute atomic E-state index is 12.0. The highest BCUT2D eigenvalue weighted by molar-refractivity contribution is 9.09. The summed E-state index contributed by atoms with van der Waals surface area (Å²) >= 11 is 3.44. The van der Waals surface area contributed by atoms with Crippen molar-refractivity contribution in [3.8, 4) is 0 Å². The summed E-state index contributed by atoms with van der Waals surface area (Å²) in [5.41, 5.74) is -0.420. The third-order valence-electron chi connectivity index (χ3n) is 3.68. The van der Waals surface area contributed by atoms with Gasteiger partial charge in [-0.2, -0.15) is 0 Å². The molecule has 1 fully saturated rings. The molecule has 0 bridgehead atoms. The Bertz CT molecular complexity index is 253. The van der Waals surface area contributed by atoms with Crippen LogP contribution in [-0.2, 0) is 19.0 Å². The average Bonchev–Trinajstić information content (AvgIpc) is 2.39. The number of carbonyl (C=O) groups is 1. The Morgan fingerprint density at radius 2 is 1.71 bits per heavy atom.